The summed E-state index contributed by atoms with van der Waals surface area (Å²) >= 11 is 0. The number of hydrogen-bond donors (Lipinski definition) is 1. The Morgan fingerprint density at radius 1 is 1.06 bits per heavy atom. The largest absolute Gasteiger partial charge is 0.573 e. The normalized spacial score (nSPS) is 19.7. The van der Waals surface area contributed by atoms with Crippen LogP contribution in [0.25, 0.3) is 10.9 Å². The SMILES string of the molecule is C[C@@H]1CN(c2ccc(OC(F)(F)F)cc2)C[C@H](C)N1S(=O)(=O)c1ccc2ccn(CC(=O)O)c2c1. The van der Waals surface area contributed by atoms with Gasteiger partial charge in [-0.25, -0.2) is 8.42 Å². The van der Waals surface area contributed by atoms with E-state index in [2.05, 4.69) is 4.74 Å². The summed E-state index contributed by atoms with van der Waals surface area (Å²) < 4.78 is 71.2. The number of nitrogens with zero attached hydrogens (tertiary/aromatic N) is 3. The Morgan fingerprint density at radius 3 is 2.26 bits per heavy atom. The van der Waals surface area contributed by atoms with E-state index in [4.69, 9.17) is 5.11 Å². The lowest BCUT2D eigenvalue weighted by atomic mass is 10.1. The van der Waals surface area contributed by atoms with Crippen molar-refractivity contribution in [2.45, 2.75) is 43.7 Å². The second-order valence-corrected chi connectivity index (χ2v) is 10.4. The van der Waals surface area contributed by atoms with Gasteiger partial charge in [0.2, 0.25) is 10.0 Å². The molecule has 0 spiro atoms. The lowest BCUT2D eigenvalue weighted by Gasteiger charge is -2.44. The van der Waals surface area contributed by atoms with Crippen molar-refractivity contribution in [1.82, 2.24) is 8.87 Å². The maximum Gasteiger partial charge on any atom is 0.573 e. The van der Waals surface area contributed by atoms with Crippen LogP contribution in [0.4, 0.5) is 18.9 Å². The average Bonchev–Trinajstić information content (AvgIpc) is 3.14. The number of rotatable bonds is 6. The Balaban J connectivity index is 1.56. The molecule has 12 heteroatoms. The van der Waals surface area contributed by atoms with Gasteiger partial charge in [0, 0.05) is 42.6 Å². The Kier molecular flexibility index (Phi) is 6.45. The highest BCUT2D eigenvalue weighted by Gasteiger charge is 2.39. The van der Waals surface area contributed by atoms with Crippen LogP contribution in [0.3, 0.4) is 0 Å². The molecule has 0 bridgehead atoms. The molecule has 0 saturated carbocycles. The van der Waals surface area contributed by atoms with Gasteiger partial charge in [0.15, 0.2) is 0 Å². The number of carboxylic acids is 1. The van der Waals surface area contributed by atoms with Crippen molar-refractivity contribution >= 4 is 32.6 Å². The molecular weight excluding hydrogens is 487 g/mol. The minimum Gasteiger partial charge on any atom is -0.480 e. The van der Waals surface area contributed by atoms with Crippen LogP contribution < -0.4 is 9.64 Å². The molecule has 1 saturated heterocycles. The number of piperazine rings is 1. The molecule has 188 valence electrons. The first kappa shape index (κ1) is 24.9. The lowest BCUT2D eigenvalue weighted by molar-refractivity contribution is -0.274. The average molecular weight is 512 g/mol. The smallest absolute Gasteiger partial charge is 0.480 e. The van der Waals surface area contributed by atoms with Crippen molar-refractivity contribution in [1.29, 1.82) is 0 Å². The summed E-state index contributed by atoms with van der Waals surface area (Å²) in [6.07, 6.45) is -3.17. The van der Waals surface area contributed by atoms with Crippen LogP contribution in [0.2, 0.25) is 0 Å². The third-order valence-electron chi connectivity index (χ3n) is 5.90. The zero-order chi connectivity index (χ0) is 25.5. The molecule has 3 aromatic rings. The zero-order valence-corrected chi connectivity index (χ0v) is 19.8. The molecule has 1 aliphatic rings. The third-order valence-corrected chi connectivity index (χ3v) is 8.02. The number of anilines is 1. The van der Waals surface area contributed by atoms with Gasteiger partial charge >= 0.3 is 12.3 Å². The molecule has 1 fully saturated rings. The highest BCUT2D eigenvalue weighted by atomic mass is 32.2. The Hall–Kier alpha value is -3.25. The van der Waals surface area contributed by atoms with Crippen LogP contribution in [0.1, 0.15) is 13.8 Å². The molecule has 1 aromatic heterocycles. The number of carbonyl (C=O) groups is 1. The topological polar surface area (TPSA) is 92.1 Å². The van der Waals surface area contributed by atoms with E-state index in [1.165, 1.54) is 45.3 Å². The minimum absolute atomic E-state index is 0.0659. The van der Waals surface area contributed by atoms with E-state index in [0.717, 1.165) is 5.39 Å². The van der Waals surface area contributed by atoms with Crippen molar-refractivity contribution in [2.24, 2.45) is 0 Å². The number of benzene rings is 2. The first-order valence-corrected chi connectivity index (χ1v) is 12.2. The summed E-state index contributed by atoms with van der Waals surface area (Å²) in [5, 5.41) is 9.85. The summed E-state index contributed by atoms with van der Waals surface area (Å²) in [5.74, 6) is -1.36. The van der Waals surface area contributed by atoms with E-state index >= 15 is 0 Å². The van der Waals surface area contributed by atoms with Crippen molar-refractivity contribution in [3.8, 4) is 5.75 Å². The number of sulfonamides is 1. The number of carboxylic acid groups (broad SMARTS) is 1. The van der Waals surface area contributed by atoms with Gasteiger partial charge in [-0.15, -0.1) is 13.2 Å². The Labute approximate surface area is 200 Å². The fourth-order valence-corrected chi connectivity index (χ4v) is 6.41. The molecular formula is C23H24F3N3O5S. The number of aromatic nitrogens is 1. The minimum atomic E-state index is -4.77. The molecule has 2 aromatic carbocycles. The molecule has 0 aliphatic carbocycles. The highest BCUT2D eigenvalue weighted by Crippen LogP contribution is 2.31. The van der Waals surface area contributed by atoms with Gasteiger partial charge < -0.3 is 19.3 Å². The van der Waals surface area contributed by atoms with Gasteiger partial charge in [-0.2, -0.15) is 4.31 Å². The van der Waals surface area contributed by atoms with Crippen LogP contribution in [0.5, 0.6) is 5.75 Å². The number of alkyl halides is 3. The van der Waals surface area contributed by atoms with Crippen molar-refractivity contribution in [3.05, 3.63) is 54.7 Å². The maximum absolute atomic E-state index is 13.6. The maximum atomic E-state index is 13.6. The van der Waals surface area contributed by atoms with Gasteiger partial charge in [0.05, 0.1) is 4.90 Å². The fourth-order valence-electron chi connectivity index (χ4n) is 4.58. The standard InChI is InChI=1S/C23H24F3N3O5S/c1-15-12-28(18-4-6-19(7-5-18)34-23(24,25)26)13-16(2)29(15)35(32,33)20-8-3-17-9-10-27(14-22(30)31)21(17)11-20/h3-11,15-16H,12-14H2,1-2H3,(H,30,31)/t15-,16+. The number of halogens is 3. The quantitative estimate of drug-likeness (QED) is 0.540. The summed E-state index contributed by atoms with van der Waals surface area (Å²) in [4.78, 5) is 13.1. The second kappa shape index (κ2) is 9.08. The van der Waals surface area contributed by atoms with Gasteiger partial charge in [-0.05, 0) is 61.7 Å². The van der Waals surface area contributed by atoms with E-state index in [1.807, 2.05) is 4.90 Å². The molecule has 2 heterocycles. The summed E-state index contributed by atoms with van der Waals surface area (Å²) in [6.45, 7) is 3.92. The van der Waals surface area contributed by atoms with E-state index in [1.54, 1.807) is 32.2 Å². The van der Waals surface area contributed by atoms with Crippen LogP contribution in [0, 0.1) is 0 Å². The van der Waals surface area contributed by atoms with Gasteiger partial charge in [0.25, 0.3) is 0 Å². The predicted molar refractivity (Wildman–Crippen MR) is 123 cm³/mol. The predicted octanol–water partition coefficient (Wildman–Crippen LogP) is 3.91. The molecule has 0 amide bonds. The number of ether oxygens (including phenoxy) is 1. The number of aliphatic carboxylic acids is 1. The van der Waals surface area contributed by atoms with Crippen LogP contribution >= 0.6 is 0 Å². The molecule has 35 heavy (non-hydrogen) atoms. The van der Waals surface area contributed by atoms with Crippen molar-refractivity contribution in [2.75, 3.05) is 18.0 Å². The van der Waals surface area contributed by atoms with Crippen molar-refractivity contribution < 1.29 is 36.2 Å². The second-order valence-electron chi connectivity index (χ2n) is 8.54. The molecule has 1 aliphatic heterocycles. The first-order valence-electron chi connectivity index (χ1n) is 10.8. The third kappa shape index (κ3) is 5.22. The van der Waals surface area contributed by atoms with Crippen LogP contribution in [-0.4, -0.2) is 59.9 Å². The lowest BCUT2D eigenvalue weighted by Crippen LogP contribution is -2.58. The first-order chi connectivity index (χ1) is 16.3. The Bertz CT molecular complexity index is 1330. The van der Waals surface area contributed by atoms with Gasteiger partial charge in [-0.1, -0.05) is 6.07 Å². The molecule has 1 N–H and O–H groups in total. The molecule has 0 radical (unpaired) electrons. The highest BCUT2D eigenvalue weighted by molar-refractivity contribution is 7.89. The summed E-state index contributed by atoms with van der Waals surface area (Å²) in [7, 11) is -3.91. The number of fused-ring (bicyclic) bond motifs is 1. The summed E-state index contributed by atoms with van der Waals surface area (Å²) in [6, 6.07) is 11.0. The summed E-state index contributed by atoms with van der Waals surface area (Å²) in [5.41, 5.74) is 1.16. The van der Waals surface area contributed by atoms with Crippen molar-refractivity contribution in [3.63, 3.8) is 0 Å². The van der Waals surface area contributed by atoms with Gasteiger partial charge in [-0.3, -0.25) is 4.79 Å². The van der Waals surface area contributed by atoms with E-state index in [0.29, 0.717) is 24.3 Å². The number of hydrogen-bond acceptors (Lipinski definition) is 5. The zero-order valence-electron chi connectivity index (χ0n) is 18.9. The molecule has 8 nitrogen and oxygen atoms in total. The molecule has 4 rings (SSSR count). The fraction of sp³-hybridized carbons (Fsp3) is 0.348. The molecule has 0 unspecified atom stereocenters. The van der Waals surface area contributed by atoms with E-state index in [9.17, 15) is 26.4 Å². The van der Waals surface area contributed by atoms with Crippen LogP contribution in [0.15, 0.2) is 59.6 Å². The van der Waals surface area contributed by atoms with Gasteiger partial charge in [0.1, 0.15) is 12.3 Å². The Morgan fingerprint density at radius 2 is 1.69 bits per heavy atom. The van der Waals surface area contributed by atoms with E-state index < -0.39 is 34.4 Å². The monoisotopic (exact) mass is 511 g/mol. The van der Waals surface area contributed by atoms with Crippen LogP contribution in [-0.2, 0) is 21.4 Å². The van der Waals surface area contributed by atoms with E-state index in [-0.39, 0.29) is 17.2 Å². The molecule has 2 atom stereocenters.